The highest BCUT2D eigenvalue weighted by Gasteiger charge is 2.18. The van der Waals surface area contributed by atoms with Gasteiger partial charge >= 0.3 is 0 Å². The fourth-order valence-corrected chi connectivity index (χ4v) is 3.20. The molecule has 0 amide bonds. The first kappa shape index (κ1) is 16.4. The van der Waals surface area contributed by atoms with Crippen LogP contribution in [0.2, 0.25) is 0 Å². The van der Waals surface area contributed by atoms with E-state index in [4.69, 9.17) is 0 Å². The van der Waals surface area contributed by atoms with Crippen molar-refractivity contribution in [3.05, 3.63) is 35.6 Å². The van der Waals surface area contributed by atoms with Crippen molar-refractivity contribution < 1.29 is 4.39 Å². The molecule has 0 spiro atoms. The fourth-order valence-electron chi connectivity index (χ4n) is 3.20. The van der Waals surface area contributed by atoms with Crippen molar-refractivity contribution in [3.8, 4) is 0 Å². The number of hydrogen-bond donors (Lipinski definition) is 1. The van der Waals surface area contributed by atoms with Crippen LogP contribution in [0.5, 0.6) is 0 Å². The molecule has 0 radical (unpaired) electrons. The first-order valence-corrected chi connectivity index (χ1v) is 8.43. The molecule has 0 aromatic heterocycles. The molecule has 1 heterocycles. The maximum atomic E-state index is 13.1. The predicted octanol–water partition coefficient (Wildman–Crippen LogP) is 4.13. The summed E-state index contributed by atoms with van der Waals surface area (Å²) in [6.07, 6.45) is 6.19. The lowest BCUT2D eigenvalue weighted by Crippen LogP contribution is -2.39. The minimum Gasteiger partial charge on any atom is -0.306 e. The van der Waals surface area contributed by atoms with E-state index in [1.165, 1.54) is 44.3 Å². The molecule has 0 aliphatic carbocycles. The average molecular weight is 292 g/mol. The number of likely N-dealkylation sites (tertiary alicyclic amines) is 1. The van der Waals surface area contributed by atoms with Crippen LogP contribution < -0.4 is 5.32 Å². The molecule has 2 rings (SSSR count). The molecule has 1 saturated heterocycles. The summed E-state index contributed by atoms with van der Waals surface area (Å²) in [4.78, 5) is 2.54. The smallest absolute Gasteiger partial charge is 0.123 e. The lowest BCUT2D eigenvalue weighted by Gasteiger charge is -2.27. The quantitative estimate of drug-likeness (QED) is 0.775. The van der Waals surface area contributed by atoms with Crippen molar-refractivity contribution in [2.24, 2.45) is 0 Å². The van der Waals surface area contributed by atoms with Gasteiger partial charge in [0.1, 0.15) is 5.82 Å². The van der Waals surface area contributed by atoms with Crippen LogP contribution in [-0.2, 0) is 0 Å². The van der Waals surface area contributed by atoms with E-state index in [1.54, 1.807) is 12.1 Å². The van der Waals surface area contributed by atoms with E-state index in [0.717, 1.165) is 13.0 Å². The number of rotatable bonds is 8. The van der Waals surface area contributed by atoms with Gasteiger partial charge < -0.3 is 10.2 Å². The van der Waals surface area contributed by atoms with Crippen LogP contribution in [0.4, 0.5) is 4.39 Å². The maximum Gasteiger partial charge on any atom is 0.123 e. The Bertz CT molecular complexity index is 398. The Kier molecular flexibility index (Phi) is 6.65. The Morgan fingerprint density at radius 3 is 2.48 bits per heavy atom. The van der Waals surface area contributed by atoms with Crippen LogP contribution in [-0.4, -0.2) is 30.6 Å². The Hall–Kier alpha value is -0.930. The topological polar surface area (TPSA) is 15.3 Å². The standard InChI is InChI=1S/C18H29FN2/c1-3-4-7-18(16-8-10-17(19)11-9-16)20-15(2)14-21-12-5-6-13-21/h8-11,15,18,20H,3-7,12-14H2,1-2H3. The zero-order chi connectivity index (χ0) is 15.1. The molecule has 1 aliphatic rings. The summed E-state index contributed by atoms with van der Waals surface area (Å²) in [6, 6.07) is 7.79. The minimum absolute atomic E-state index is 0.155. The van der Waals surface area contributed by atoms with Crippen molar-refractivity contribution in [2.75, 3.05) is 19.6 Å². The van der Waals surface area contributed by atoms with Crippen LogP contribution in [0.25, 0.3) is 0 Å². The third kappa shape index (κ3) is 5.40. The largest absolute Gasteiger partial charge is 0.306 e. The fraction of sp³-hybridized carbons (Fsp3) is 0.667. The van der Waals surface area contributed by atoms with Crippen LogP contribution >= 0.6 is 0 Å². The molecule has 2 nitrogen and oxygen atoms in total. The Morgan fingerprint density at radius 1 is 1.19 bits per heavy atom. The van der Waals surface area contributed by atoms with Crippen LogP contribution in [0, 0.1) is 5.82 Å². The van der Waals surface area contributed by atoms with Crippen molar-refractivity contribution in [3.63, 3.8) is 0 Å². The molecule has 0 bridgehead atoms. The number of unbranched alkanes of at least 4 members (excludes halogenated alkanes) is 1. The maximum absolute atomic E-state index is 13.1. The van der Waals surface area contributed by atoms with E-state index in [1.807, 2.05) is 12.1 Å². The van der Waals surface area contributed by atoms with Gasteiger partial charge in [-0.15, -0.1) is 0 Å². The van der Waals surface area contributed by atoms with Crippen LogP contribution in [0.3, 0.4) is 0 Å². The normalized spacial score (nSPS) is 18.8. The summed E-state index contributed by atoms with van der Waals surface area (Å²) in [7, 11) is 0. The van der Waals surface area contributed by atoms with Gasteiger partial charge in [0, 0.05) is 18.6 Å². The first-order chi connectivity index (χ1) is 10.2. The van der Waals surface area contributed by atoms with Gasteiger partial charge in [0.05, 0.1) is 0 Å². The summed E-state index contributed by atoms with van der Waals surface area (Å²) in [5, 5.41) is 3.75. The highest BCUT2D eigenvalue weighted by atomic mass is 19.1. The molecule has 1 aromatic rings. The third-order valence-electron chi connectivity index (χ3n) is 4.34. The molecule has 1 aliphatic heterocycles. The molecule has 2 unspecified atom stereocenters. The lowest BCUT2D eigenvalue weighted by molar-refractivity contribution is 0.282. The second-order valence-corrected chi connectivity index (χ2v) is 6.32. The van der Waals surface area contributed by atoms with Crippen molar-refractivity contribution in [2.45, 2.75) is 58.0 Å². The third-order valence-corrected chi connectivity index (χ3v) is 4.34. The molecular weight excluding hydrogens is 263 g/mol. The summed E-state index contributed by atoms with van der Waals surface area (Å²) in [5.74, 6) is -0.155. The van der Waals surface area contributed by atoms with Gasteiger partial charge in [0.15, 0.2) is 0 Å². The number of benzene rings is 1. The molecule has 1 fully saturated rings. The zero-order valence-electron chi connectivity index (χ0n) is 13.4. The Balaban J connectivity index is 1.92. The zero-order valence-corrected chi connectivity index (χ0v) is 13.4. The number of nitrogens with zero attached hydrogens (tertiary/aromatic N) is 1. The van der Waals surface area contributed by atoms with Crippen molar-refractivity contribution in [1.82, 2.24) is 10.2 Å². The summed E-state index contributed by atoms with van der Waals surface area (Å²) in [5.41, 5.74) is 1.21. The first-order valence-electron chi connectivity index (χ1n) is 8.43. The average Bonchev–Trinajstić information content (AvgIpc) is 2.97. The summed E-state index contributed by atoms with van der Waals surface area (Å²) in [6.45, 7) is 8.07. The van der Waals surface area contributed by atoms with Gasteiger partial charge in [0.25, 0.3) is 0 Å². The molecule has 1 N–H and O–H groups in total. The van der Waals surface area contributed by atoms with Crippen LogP contribution in [0.15, 0.2) is 24.3 Å². The second kappa shape index (κ2) is 8.50. The molecule has 118 valence electrons. The summed E-state index contributed by atoms with van der Waals surface area (Å²) < 4.78 is 13.1. The number of halogens is 1. The molecule has 21 heavy (non-hydrogen) atoms. The van der Waals surface area contributed by atoms with Crippen LogP contribution in [0.1, 0.15) is 57.6 Å². The Morgan fingerprint density at radius 2 is 1.86 bits per heavy atom. The second-order valence-electron chi connectivity index (χ2n) is 6.32. The van der Waals surface area contributed by atoms with E-state index in [-0.39, 0.29) is 5.82 Å². The van der Waals surface area contributed by atoms with Gasteiger partial charge in [-0.05, 0) is 57.0 Å². The Labute approximate surface area is 128 Å². The molecule has 3 heteroatoms. The van der Waals surface area contributed by atoms with Gasteiger partial charge in [-0.1, -0.05) is 31.9 Å². The van der Waals surface area contributed by atoms with E-state index in [0.29, 0.717) is 12.1 Å². The number of nitrogens with one attached hydrogen (secondary N) is 1. The molecule has 0 saturated carbocycles. The van der Waals surface area contributed by atoms with Gasteiger partial charge in [-0.2, -0.15) is 0 Å². The highest BCUT2D eigenvalue weighted by Crippen LogP contribution is 2.21. The SMILES string of the molecule is CCCCC(NC(C)CN1CCCC1)c1ccc(F)cc1. The van der Waals surface area contributed by atoms with Crippen molar-refractivity contribution >= 4 is 0 Å². The monoisotopic (exact) mass is 292 g/mol. The van der Waals surface area contributed by atoms with Gasteiger partial charge in [-0.25, -0.2) is 4.39 Å². The minimum atomic E-state index is -0.155. The summed E-state index contributed by atoms with van der Waals surface area (Å²) >= 11 is 0. The van der Waals surface area contributed by atoms with Crippen molar-refractivity contribution in [1.29, 1.82) is 0 Å². The van der Waals surface area contributed by atoms with E-state index in [9.17, 15) is 4.39 Å². The molecule has 1 aromatic carbocycles. The predicted molar refractivity (Wildman–Crippen MR) is 86.9 cm³/mol. The molecule has 2 atom stereocenters. The van der Waals surface area contributed by atoms with E-state index in [2.05, 4.69) is 24.1 Å². The lowest BCUT2D eigenvalue weighted by atomic mass is 10.00. The van der Waals surface area contributed by atoms with E-state index >= 15 is 0 Å². The highest BCUT2D eigenvalue weighted by molar-refractivity contribution is 5.20. The number of hydrogen-bond acceptors (Lipinski definition) is 2. The molecular formula is C18H29FN2. The van der Waals surface area contributed by atoms with E-state index < -0.39 is 0 Å². The van der Waals surface area contributed by atoms with Gasteiger partial charge in [-0.3, -0.25) is 0 Å². The van der Waals surface area contributed by atoms with Gasteiger partial charge in [0.2, 0.25) is 0 Å².